The maximum Gasteiger partial charge on any atom is 0.243 e. The molecule has 0 aliphatic rings. The van der Waals surface area contributed by atoms with Gasteiger partial charge in [-0.25, -0.2) is 12.8 Å². The number of sulfonamides is 1. The van der Waals surface area contributed by atoms with Crippen LogP contribution in [-0.2, 0) is 14.8 Å². The fraction of sp³-hybridized carbons (Fsp3) is 0.385. The Balaban J connectivity index is 3.22. The van der Waals surface area contributed by atoms with Crippen molar-refractivity contribution in [3.05, 3.63) is 36.2 Å². The molecule has 0 unspecified atom stereocenters. The van der Waals surface area contributed by atoms with E-state index in [4.69, 9.17) is 10.5 Å². The van der Waals surface area contributed by atoms with E-state index in [1.54, 1.807) is 0 Å². The number of aryl methyl sites for hydroxylation is 1. The number of anilines is 1. The van der Waals surface area contributed by atoms with Crippen LogP contribution in [0.2, 0.25) is 0 Å². The van der Waals surface area contributed by atoms with Crippen LogP contribution in [0.5, 0.6) is 0 Å². The molecule has 0 atom stereocenters. The van der Waals surface area contributed by atoms with Crippen molar-refractivity contribution in [3.8, 4) is 0 Å². The van der Waals surface area contributed by atoms with Gasteiger partial charge in [0.05, 0.1) is 17.2 Å². The normalized spacial score (nSPS) is 11.8. The van der Waals surface area contributed by atoms with Crippen LogP contribution in [0, 0.1) is 12.7 Å². The molecule has 0 radical (unpaired) electrons. The predicted octanol–water partition coefficient (Wildman–Crippen LogP) is 1.54. The van der Waals surface area contributed by atoms with Gasteiger partial charge in [-0.3, -0.25) is 0 Å². The topological polar surface area (TPSA) is 72.6 Å². The smallest absolute Gasteiger partial charge is 0.243 e. The van der Waals surface area contributed by atoms with Crippen molar-refractivity contribution >= 4 is 15.7 Å². The largest absolute Gasteiger partial charge is 0.396 e. The number of rotatable bonds is 7. The number of hydrogen-bond donors (Lipinski definition) is 1. The lowest BCUT2D eigenvalue weighted by molar-refractivity contribution is 0.182. The summed E-state index contributed by atoms with van der Waals surface area (Å²) in [5, 5.41) is 0. The summed E-state index contributed by atoms with van der Waals surface area (Å²) in [6.45, 7) is 5.58. The van der Waals surface area contributed by atoms with Crippen molar-refractivity contribution in [2.75, 3.05) is 32.5 Å². The SMILES string of the molecule is C=CCN(CCOC)S(=O)(=O)c1cc(C)c(F)c(N)c1. The number of nitrogen functional groups attached to an aromatic ring is 1. The minimum Gasteiger partial charge on any atom is -0.396 e. The summed E-state index contributed by atoms with van der Waals surface area (Å²) in [4.78, 5) is -0.0353. The van der Waals surface area contributed by atoms with Crippen molar-refractivity contribution in [3.63, 3.8) is 0 Å². The van der Waals surface area contributed by atoms with Crippen LogP contribution in [0.3, 0.4) is 0 Å². The van der Waals surface area contributed by atoms with E-state index >= 15 is 0 Å². The fourth-order valence-electron chi connectivity index (χ4n) is 1.71. The van der Waals surface area contributed by atoms with E-state index in [0.717, 1.165) is 6.07 Å². The van der Waals surface area contributed by atoms with Gasteiger partial charge in [0.15, 0.2) is 0 Å². The first-order valence-corrected chi connectivity index (χ1v) is 7.44. The standard InChI is InChI=1S/C13H19FN2O3S/c1-4-5-16(6-7-19-3)20(17,18)11-8-10(2)13(14)12(15)9-11/h4,8-9H,1,5-7,15H2,2-3H3. The first kappa shape index (κ1) is 16.6. The highest BCUT2D eigenvalue weighted by atomic mass is 32.2. The van der Waals surface area contributed by atoms with E-state index in [9.17, 15) is 12.8 Å². The minimum absolute atomic E-state index is 0.0353. The summed E-state index contributed by atoms with van der Waals surface area (Å²) in [7, 11) is -2.28. The molecule has 0 fully saturated rings. The third-order valence-electron chi connectivity index (χ3n) is 2.77. The molecule has 0 heterocycles. The number of hydrogen-bond acceptors (Lipinski definition) is 4. The molecule has 1 aromatic carbocycles. The van der Waals surface area contributed by atoms with E-state index in [0.29, 0.717) is 0 Å². The lowest BCUT2D eigenvalue weighted by Crippen LogP contribution is -2.34. The average molecular weight is 302 g/mol. The Hall–Kier alpha value is -1.44. The minimum atomic E-state index is -3.76. The fourth-order valence-corrected chi connectivity index (χ4v) is 3.22. The first-order valence-electron chi connectivity index (χ1n) is 6.00. The number of nitrogens with zero attached hydrogens (tertiary/aromatic N) is 1. The summed E-state index contributed by atoms with van der Waals surface area (Å²) < 4.78 is 44.6. The molecular weight excluding hydrogens is 283 g/mol. The van der Waals surface area contributed by atoms with E-state index in [1.165, 1.54) is 30.5 Å². The lowest BCUT2D eigenvalue weighted by Gasteiger charge is -2.21. The van der Waals surface area contributed by atoms with Gasteiger partial charge in [-0.15, -0.1) is 6.58 Å². The number of benzene rings is 1. The van der Waals surface area contributed by atoms with Crippen molar-refractivity contribution < 1.29 is 17.5 Å². The Kier molecular flexibility index (Phi) is 5.67. The second kappa shape index (κ2) is 6.83. The van der Waals surface area contributed by atoms with E-state index in [-0.39, 0.29) is 35.8 Å². The molecule has 0 aliphatic heterocycles. The van der Waals surface area contributed by atoms with Crippen molar-refractivity contribution in [1.29, 1.82) is 0 Å². The van der Waals surface area contributed by atoms with Crippen molar-refractivity contribution in [1.82, 2.24) is 4.31 Å². The van der Waals surface area contributed by atoms with Crippen LogP contribution < -0.4 is 5.73 Å². The molecule has 2 N–H and O–H groups in total. The molecule has 0 aromatic heterocycles. The summed E-state index contributed by atoms with van der Waals surface area (Å²) in [6, 6.07) is 2.39. The number of methoxy groups -OCH3 is 1. The highest BCUT2D eigenvalue weighted by Gasteiger charge is 2.24. The molecule has 0 saturated carbocycles. The molecule has 0 aliphatic carbocycles. The molecule has 0 spiro atoms. The molecule has 5 nitrogen and oxygen atoms in total. The Bertz CT molecular complexity index is 564. The monoisotopic (exact) mass is 302 g/mol. The van der Waals surface area contributed by atoms with E-state index in [1.807, 2.05) is 0 Å². The van der Waals surface area contributed by atoms with Gasteiger partial charge < -0.3 is 10.5 Å². The molecule has 20 heavy (non-hydrogen) atoms. The summed E-state index contributed by atoms with van der Waals surface area (Å²) in [5.41, 5.74) is 5.49. The van der Waals surface area contributed by atoms with Crippen LogP contribution in [0.15, 0.2) is 29.7 Å². The van der Waals surface area contributed by atoms with Gasteiger partial charge in [-0.05, 0) is 24.6 Å². The molecular formula is C13H19FN2O3S. The quantitative estimate of drug-likeness (QED) is 0.612. The Morgan fingerprint density at radius 2 is 2.15 bits per heavy atom. The number of nitrogens with two attached hydrogens (primary N) is 1. The summed E-state index contributed by atoms with van der Waals surface area (Å²) in [6.07, 6.45) is 1.48. The zero-order valence-electron chi connectivity index (χ0n) is 11.6. The Labute approximate surface area is 118 Å². The highest BCUT2D eigenvalue weighted by molar-refractivity contribution is 7.89. The molecule has 0 bridgehead atoms. The molecule has 1 rings (SSSR count). The zero-order valence-corrected chi connectivity index (χ0v) is 12.4. The summed E-state index contributed by atoms with van der Waals surface area (Å²) in [5.74, 6) is -0.601. The van der Waals surface area contributed by atoms with Crippen molar-refractivity contribution in [2.45, 2.75) is 11.8 Å². The highest BCUT2D eigenvalue weighted by Crippen LogP contribution is 2.23. The van der Waals surface area contributed by atoms with Gasteiger partial charge >= 0.3 is 0 Å². The van der Waals surface area contributed by atoms with Gasteiger partial charge in [0.1, 0.15) is 5.82 Å². The van der Waals surface area contributed by atoms with Gasteiger partial charge in [-0.2, -0.15) is 4.31 Å². The third kappa shape index (κ3) is 3.56. The Morgan fingerprint density at radius 1 is 1.50 bits per heavy atom. The van der Waals surface area contributed by atoms with Crippen LogP contribution in [0.4, 0.5) is 10.1 Å². The third-order valence-corrected chi connectivity index (χ3v) is 4.61. The van der Waals surface area contributed by atoms with Crippen LogP contribution in [-0.4, -0.2) is 39.5 Å². The first-order chi connectivity index (χ1) is 9.34. The van der Waals surface area contributed by atoms with Gasteiger partial charge in [0, 0.05) is 20.2 Å². The summed E-state index contributed by atoms with van der Waals surface area (Å²) >= 11 is 0. The maximum absolute atomic E-state index is 13.5. The lowest BCUT2D eigenvalue weighted by atomic mass is 10.2. The molecule has 0 amide bonds. The molecule has 1 aromatic rings. The second-order valence-corrected chi connectivity index (χ2v) is 6.23. The Morgan fingerprint density at radius 3 is 2.65 bits per heavy atom. The predicted molar refractivity (Wildman–Crippen MR) is 76.4 cm³/mol. The van der Waals surface area contributed by atoms with E-state index in [2.05, 4.69) is 6.58 Å². The molecule has 0 saturated heterocycles. The zero-order chi connectivity index (χ0) is 15.3. The van der Waals surface area contributed by atoms with Crippen LogP contribution in [0.25, 0.3) is 0 Å². The number of halogens is 1. The van der Waals surface area contributed by atoms with Crippen LogP contribution in [0.1, 0.15) is 5.56 Å². The van der Waals surface area contributed by atoms with Gasteiger partial charge in [0.25, 0.3) is 0 Å². The van der Waals surface area contributed by atoms with Gasteiger partial charge in [0.2, 0.25) is 10.0 Å². The number of ether oxygens (including phenoxy) is 1. The molecule has 7 heteroatoms. The maximum atomic E-state index is 13.5. The van der Waals surface area contributed by atoms with E-state index < -0.39 is 15.8 Å². The van der Waals surface area contributed by atoms with Crippen LogP contribution >= 0.6 is 0 Å². The van der Waals surface area contributed by atoms with Gasteiger partial charge in [-0.1, -0.05) is 6.08 Å². The van der Waals surface area contributed by atoms with Crippen molar-refractivity contribution in [2.24, 2.45) is 0 Å². The molecule has 112 valence electrons. The second-order valence-electron chi connectivity index (χ2n) is 4.29. The average Bonchev–Trinajstić information content (AvgIpc) is 2.39.